The second kappa shape index (κ2) is 8.63. The Labute approximate surface area is 153 Å². The molecule has 3 rings (SSSR count). The molecule has 0 bridgehead atoms. The van der Waals surface area contributed by atoms with Crippen molar-refractivity contribution in [3.05, 3.63) is 54.3 Å². The lowest BCUT2D eigenvalue weighted by Gasteiger charge is -2.12. The van der Waals surface area contributed by atoms with Crippen molar-refractivity contribution in [3.63, 3.8) is 0 Å². The van der Waals surface area contributed by atoms with Crippen molar-refractivity contribution in [2.24, 2.45) is 0 Å². The van der Waals surface area contributed by atoms with Crippen LogP contribution in [-0.2, 0) is 0 Å². The minimum Gasteiger partial charge on any atom is -0.497 e. The molecule has 26 heavy (non-hydrogen) atoms. The van der Waals surface area contributed by atoms with Gasteiger partial charge in [-0.3, -0.25) is 0 Å². The zero-order valence-electron chi connectivity index (χ0n) is 13.9. The number of hydrogen-bond acceptors (Lipinski definition) is 7. The van der Waals surface area contributed by atoms with Crippen LogP contribution in [0.2, 0.25) is 0 Å². The number of benzene rings is 2. The molecule has 1 unspecified atom stereocenters. The maximum absolute atomic E-state index is 12.8. The number of ether oxygens (including phenoxy) is 2. The third-order valence-corrected chi connectivity index (χ3v) is 4.48. The fourth-order valence-corrected chi connectivity index (χ4v) is 2.89. The van der Waals surface area contributed by atoms with Crippen LogP contribution < -0.4 is 9.47 Å². The summed E-state index contributed by atoms with van der Waals surface area (Å²) >= 11 is 1.31. The van der Waals surface area contributed by atoms with Gasteiger partial charge in [-0.25, -0.2) is 4.39 Å². The van der Waals surface area contributed by atoms with Gasteiger partial charge in [0.1, 0.15) is 23.9 Å². The van der Waals surface area contributed by atoms with Crippen molar-refractivity contribution in [3.8, 4) is 17.2 Å². The van der Waals surface area contributed by atoms with Crippen LogP contribution in [0.15, 0.2) is 53.7 Å². The molecule has 0 fully saturated rings. The van der Waals surface area contributed by atoms with E-state index in [1.165, 1.54) is 36.0 Å². The van der Waals surface area contributed by atoms with Gasteiger partial charge >= 0.3 is 0 Å². The predicted molar refractivity (Wildman–Crippen MR) is 94.3 cm³/mol. The summed E-state index contributed by atoms with van der Waals surface area (Å²) in [5.74, 6) is 1.25. The Morgan fingerprint density at radius 2 is 1.81 bits per heavy atom. The lowest BCUT2D eigenvalue weighted by Crippen LogP contribution is -2.20. The normalized spacial score (nSPS) is 12.0. The number of tetrazole rings is 1. The smallest absolute Gasteiger partial charge is 0.214 e. The standard InChI is InChI=1S/C17H17FN4O3S/c1-24-15-8-4-13(5-9-15)22-17(19-20-21-22)26-11-14(23)10-25-16-6-2-12(18)3-7-16/h2-9,14,23H,10-11H2,1H3. The van der Waals surface area contributed by atoms with Gasteiger partial charge in [-0.05, 0) is 59.0 Å². The molecule has 3 aromatic rings. The molecule has 1 N–H and O–H groups in total. The van der Waals surface area contributed by atoms with Crippen molar-refractivity contribution in [2.45, 2.75) is 11.3 Å². The molecule has 7 nitrogen and oxygen atoms in total. The highest BCUT2D eigenvalue weighted by atomic mass is 32.2. The zero-order chi connectivity index (χ0) is 18.4. The first-order valence-electron chi connectivity index (χ1n) is 7.78. The average molecular weight is 376 g/mol. The van der Waals surface area contributed by atoms with Crippen LogP contribution in [0, 0.1) is 5.82 Å². The van der Waals surface area contributed by atoms with E-state index in [9.17, 15) is 9.50 Å². The van der Waals surface area contributed by atoms with E-state index in [1.807, 2.05) is 24.3 Å². The second-order valence-electron chi connectivity index (χ2n) is 5.30. The number of thioether (sulfide) groups is 1. The van der Waals surface area contributed by atoms with E-state index in [2.05, 4.69) is 15.5 Å². The van der Waals surface area contributed by atoms with Crippen molar-refractivity contribution in [1.82, 2.24) is 20.2 Å². The number of aromatic nitrogens is 4. The van der Waals surface area contributed by atoms with E-state index in [0.717, 1.165) is 11.4 Å². The Kier molecular flexibility index (Phi) is 6.03. The van der Waals surface area contributed by atoms with Crippen LogP contribution in [0.4, 0.5) is 4.39 Å². The summed E-state index contributed by atoms with van der Waals surface area (Å²) in [6.07, 6.45) is -0.730. The predicted octanol–water partition coefficient (Wildman–Crippen LogP) is 2.34. The van der Waals surface area contributed by atoms with E-state index in [-0.39, 0.29) is 12.4 Å². The third-order valence-electron chi connectivity index (χ3n) is 3.42. The van der Waals surface area contributed by atoms with Crippen LogP contribution in [0.5, 0.6) is 11.5 Å². The Morgan fingerprint density at radius 3 is 2.50 bits per heavy atom. The molecule has 1 heterocycles. The molecular formula is C17H17FN4O3S. The lowest BCUT2D eigenvalue weighted by molar-refractivity contribution is 0.126. The Balaban J connectivity index is 1.54. The van der Waals surface area contributed by atoms with Gasteiger partial charge < -0.3 is 14.6 Å². The summed E-state index contributed by atoms with van der Waals surface area (Å²) in [7, 11) is 1.60. The first-order chi connectivity index (χ1) is 12.7. The van der Waals surface area contributed by atoms with Gasteiger partial charge in [0.25, 0.3) is 0 Å². The molecule has 0 saturated carbocycles. The van der Waals surface area contributed by atoms with Gasteiger partial charge in [-0.2, -0.15) is 4.68 Å². The summed E-state index contributed by atoms with van der Waals surface area (Å²) in [5.41, 5.74) is 0.787. The highest BCUT2D eigenvalue weighted by molar-refractivity contribution is 7.99. The number of nitrogens with zero attached hydrogens (tertiary/aromatic N) is 4. The van der Waals surface area contributed by atoms with Crippen LogP contribution in [0.1, 0.15) is 0 Å². The first kappa shape index (κ1) is 18.2. The van der Waals surface area contributed by atoms with Crippen LogP contribution in [0.25, 0.3) is 5.69 Å². The molecule has 1 atom stereocenters. The quantitative estimate of drug-likeness (QED) is 0.604. The summed E-state index contributed by atoms with van der Waals surface area (Å²) in [6.45, 7) is 0.0860. The first-order valence-corrected chi connectivity index (χ1v) is 8.76. The number of aliphatic hydroxyl groups is 1. The minimum absolute atomic E-state index is 0.0860. The van der Waals surface area contributed by atoms with Crippen molar-refractivity contribution in [1.29, 1.82) is 0 Å². The molecule has 0 aliphatic heterocycles. The molecule has 0 spiro atoms. The number of methoxy groups -OCH3 is 1. The number of halogens is 1. The molecule has 9 heteroatoms. The monoisotopic (exact) mass is 376 g/mol. The fourth-order valence-electron chi connectivity index (χ4n) is 2.10. The third kappa shape index (κ3) is 4.70. The summed E-state index contributed by atoms with van der Waals surface area (Å²) in [5, 5.41) is 22.3. The molecule has 2 aromatic carbocycles. The molecule has 0 aliphatic rings. The molecule has 0 aliphatic carbocycles. The molecule has 136 valence electrons. The summed E-state index contributed by atoms with van der Waals surface area (Å²) in [4.78, 5) is 0. The van der Waals surface area contributed by atoms with Crippen molar-refractivity contribution in [2.75, 3.05) is 19.5 Å². The Bertz CT molecular complexity index is 827. The highest BCUT2D eigenvalue weighted by Gasteiger charge is 2.13. The molecule has 0 radical (unpaired) electrons. The van der Waals surface area contributed by atoms with Crippen LogP contribution in [0.3, 0.4) is 0 Å². The maximum Gasteiger partial charge on any atom is 0.214 e. The average Bonchev–Trinajstić information content (AvgIpc) is 3.14. The minimum atomic E-state index is -0.730. The Morgan fingerprint density at radius 1 is 1.12 bits per heavy atom. The van der Waals surface area contributed by atoms with E-state index in [4.69, 9.17) is 9.47 Å². The van der Waals surface area contributed by atoms with Crippen LogP contribution in [-0.4, -0.2) is 50.9 Å². The van der Waals surface area contributed by atoms with Crippen molar-refractivity contribution >= 4 is 11.8 Å². The van der Waals surface area contributed by atoms with Gasteiger partial charge in [0, 0.05) is 5.75 Å². The van der Waals surface area contributed by atoms with E-state index in [0.29, 0.717) is 16.7 Å². The largest absolute Gasteiger partial charge is 0.497 e. The van der Waals surface area contributed by atoms with E-state index < -0.39 is 6.10 Å². The highest BCUT2D eigenvalue weighted by Crippen LogP contribution is 2.21. The molecule has 0 saturated heterocycles. The number of aliphatic hydroxyl groups excluding tert-OH is 1. The molecule has 0 amide bonds. The van der Waals surface area contributed by atoms with Crippen LogP contribution >= 0.6 is 11.8 Å². The van der Waals surface area contributed by atoms with Gasteiger partial charge in [-0.15, -0.1) is 5.10 Å². The van der Waals surface area contributed by atoms with Gasteiger partial charge in [0.05, 0.1) is 18.9 Å². The molecular weight excluding hydrogens is 359 g/mol. The van der Waals surface area contributed by atoms with E-state index in [1.54, 1.807) is 11.8 Å². The van der Waals surface area contributed by atoms with Gasteiger partial charge in [-0.1, -0.05) is 11.8 Å². The zero-order valence-corrected chi connectivity index (χ0v) is 14.8. The summed E-state index contributed by atoms with van der Waals surface area (Å²) in [6, 6.07) is 13.0. The van der Waals surface area contributed by atoms with Crippen molar-refractivity contribution < 1.29 is 19.0 Å². The number of hydrogen-bond donors (Lipinski definition) is 1. The number of rotatable bonds is 8. The summed E-state index contributed by atoms with van der Waals surface area (Å²) < 4.78 is 25.0. The van der Waals surface area contributed by atoms with E-state index >= 15 is 0 Å². The SMILES string of the molecule is COc1ccc(-n2nnnc2SCC(O)COc2ccc(F)cc2)cc1. The van der Waals surface area contributed by atoms with Gasteiger partial charge in [0.2, 0.25) is 5.16 Å². The second-order valence-corrected chi connectivity index (χ2v) is 6.29. The topological polar surface area (TPSA) is 82.3 Å². The maximum atomic E-state index is 12.8. The molecule has 1 aromatic heterocycles. The van der Waals surface area contributed by atoms with Gasteiger partial charge in [0.15, 0.2) is 0 Å². The Hall–Kier alpha value is -2.65. The fraction of sp³-hybridized carbons (Fsp3) is 0.235. The lowest BCUT2D eigenvalue weighted by atomic mass is 10.3.